The fraction of sp³-hybridized carbons (Fsp3) is 0.381. The molecule has 1 aliphatic heterocycles. The number of carbonyl (C=O) groups is 1. The number of hydrogen-bond donors (Lipinski definition) is 1. The smallest absolute Gasteiger partial charge is 0.134 e. The van der Waals surface area contributed by atoms with E-state index in [4.69, 9.17) is 16.3 Å². The third kappa shape index (κ3) is 5.31. The Balaban J connectivity index is 1.53. The highest BCUT2D eigenvalue weighted by atomic mass is 35.5. The predicted octanol–water partition coefficient (Wildman–Crippen LogP) is 3.50. The SMILES string of the molecule is CC(=O)Cc1ccc(OCCN2CCNCC2c2ccc(Cl)cc2)cc1. The van der Waals surface area contributed by atoms with Crippen molar-refractivity contribution < 1.29 is 9.53 Å². The van der Waals surface area contributed by atoms with Crippen molar-refractivity contribution >= 4 is 17.4 Å². The Kier molecular flexibility index (Phi) is 6.67. The zero-order chi connectivity index (χ0) is 18.4. The number of nitrogens with one attached hydrogen (secondary N) is 1. The van der Waals surface area contributed by atoms with Crippen LogP contribution in [-0.2, 0) is 11.2 Å². The van der Waals surface area contributed by atoms with Gasteiger partial charge in [0.1, 0.15) is 18.1 Å². The Morgan fingerprint density at radius 3 is 2.62 bits per heavy atom. The van der Waals surface area contributed by atoms with E-state index < -0.39 is 0 Å². The van der Waals surface area contributed by atoms with Crippen molar-refractivity contribution in [3.05, 3.63) is 64.7 Å². The molecule has 1 atom stereocenters. The summed E-state index contributed by atoms with van der Waals surface area (Å²) in [6.45, 7) is 6.02. The molecule has 1 fully saturated rings. The summed E-state index contributed by atoms with van der Waals surface area (Å²) in [6, 6.07) is 16.2. The number of ketones is 1. The van der Waals surface area contributed by atoms with Gasteiger partial charge >= 0.3 is 0 Å². The van der Waals surface area contributed by atoms with Crippen LogP contribution in [-0.4, -0.2) is 43.5 Å². The monoisotopic (exact) mass is 372 g/mol. The van der Waals surface area contributed by atoms with E-state index in [9.17, 15) is 4.79 Å². The molecule has 0 bridgehead atoms. The van der Waals surface area contributed by atoms with Gasteiger partial charge in [-0.3, -0.25) is 9.69 Å². The molecule has 1 aliphatic rings. The minimum absolute atomic E-state index is 0.172. The van der Waals surface area contributed by atoms with Crippen LogP contribution in [0.25, 0.3) is 0 Å². The molecular weight excluding hydrogens is 348 g/mol. The van der Waals surface area contributed by atoms with Crippen molar-refractivity contribution in [2.24, 2.45) is 0 Å². The number of piperazine rings is 1. The highest BCUT2D eigenvalue weighted by Gasteiger charge is 2.23. The van der Waals surface area contributed by atoms with Gasteiger partial charge in [0.25, 0.3) is 0 Å². The van der Waals surface area contributed by atoms with Gasteiger partial charge in [-0.05, 0) is 42.3 Å². The summed E-state index contributed by atoms with van der Waals surface area (Å²) in [5.74, 6) is 1.01. The molecule has 5 heteroatoms. The Morgan fingerprint density at radius 1 is 1.19 bits per heavy atom. The fourth-order valence-electron chi connectivity index (χ4n) is 3.30. The first-order chi connectivity index (χ1) is 12.6. The molecule has 26 heavy (non-hydrogen) atoms. The largest absolute Gasteiger partial charge is 0.492 e. The lowest BCUT2D eigenvalue weighted by molar-refractivity contribution is -0.116. The van der Waals surface area contributed by atoms with E-state index in [1.54, 1.807) is 6.92 Å². The number of halogens is 1. The molecule has 4 nitrogen and oxygen atoms in total. The van der Waals surface area contributed by atoms with E-state index >= 15 is 0 Å². The summed E-state index contributed by atoms with van der Waals surface area (Å²) in [7, 11) is 0. The molecule has 138 valence electrons. The van der Waals surface area contributed by atoms with Crippen molar-refractivity contribution in [2.45, 2.75) is 19.4 Å². The van der Waals surface area contributed by atoms with Gasteiger partial charge in [0.05, 0.1) is 0 Å². The molecule has 2 aromatic rings. The van der Waals surface area contributed by atoms with E-state index in [1.165, 1.54) is 5.56 Å². The first-order valence-electron chi connectivity index (χ1n) is 9.03. The second-order valence-corrected chi connectivity index (χ2v) is 7.12. The number of rotatable bonds is 7. The molecule has 1 saturated heterocycles. The summed E-state index contributed by atoms with van der Waals surface area (Å²) in [4.78, 5) is 13.6. The molecule has 3 rings (SSSR count). The Bertz CT molecular complexity index is 716. The molecule has 0 amide bonds. The molecule has 1 heterocycles. The van der Waals surface area contributed by atoms with Crippen LogP contribution in [0.1, 0.15) is 24.1 Å². The van der Waals surface area contributed by atoms with Crippen molar-refractivity contribution in [1.82, 2.24) is 10.2 Å². The third-order valence-electron chi connectivity index (χ3n) is 4.63. The quantitative estimate of drug-likeness (QED) is 0.807. The Morgan fingerprint density at radius 2 is 1.92 bits per heavy atom. The van der Waals surface area contributed by atoms with Crippen LogP contribution < -0.4 is 10.1 Å². The molecule has 0 saturated carbocycles. The molecule has 2 aromatic carbocycles. The lowest BCUT2D eigenvalue weighted by Crippen LogP contribution is -2.47. The minimum Gasteiger partial charge on any atom is -0.492 e. The maximum atomic E-state index is 11.2. The van der Waals surface area contributed by atoms with Gasteiger partial charge in [0.2, 0.25) is 0 Å². The zero-order valence-corrected chi connectivity index (χ0v) is 15.8. The van der Waals surface area contributed by atoms with Gasteiger partial charge in [-0.15, -0.1) is 0 Å². The van der Waals surface area contributed by atoms with Crippen LogP contribution in [0.3, 0.4) is 0 Å². The Hall–Kier alpha value is -1.88. The molecule has 1 unspecified atom stereocenters. The van der Waals surface area contributed by atoms with Gasteiger partial charge in [-0.2, -0.15) is 0 Å². The second-order valence-electron chi connectivity index (χ2n) is 6.68. The lowest BCUT2D eigenvalue weighted by Gasteiger charge is -2.36. The number of ether oxygens (including phenoxy) is 1. The van der Waals surface area contributed by atoms with Gasteiger partial charge < -0.3 is 10.1 Å². The number of benzene rings is 2. The average Bonchev–Trinajstić information content (AvgIpc) is 2.64. The standard InChI is InChI=1S/C21H25ClN2O2/c1-16(25)14-17-2-8-20(9-3-17)26-13-12-24-11-10-23-15-21(24)18-4-6-19(22)7-5-18/h2-9,21,23H,10-15H2,1H3. The number of hydrogen-bond acceptors (Lipinski definition) is 4. The summed E-state index contributed by atoms with van der Waals surface area (Å²) in [5.41, 5.74) is 2.30. The van der Waals surface area contributed by atoms with Gasteiger partial charge in [-0.25, -0.2) is 0 Å². The van der Waals surface area contributed by atoms with Crippen molar-refractivity contribution in [2.75, 3.05) is 32.8 Å². The normalized spacial score (nSPS) is 17.8. The first kappa shape index (κ1) is 18.9. The highest BCUT2D eigenvalue weighted by molar-refractivity contribution is 6.30. The Labute approximate surface area is 160 Å². The summed E-state index contributed by atoms with van der Waals surface area (Å²) in [6.07, 6.45) is 0.476. The number of carbonyl (C=O) groups excluding carboxylic acids is 1. The van der Waals surface area contributed by atoms with E-state index in [1.807, 2.05) is 36.4 Å². The minimum atomic E-state index is 0.172. The summed E-state index contributed by atoms with van der Waals surface area (Å²) >= 11 is 6.01. The van der Waals surface area contributed by atoms with Crippen LogP contribution >= 0.6 is 11.6 Å². The lowest BCUT2D eigenvalue weighted by atomic mass is 10.0. The first-order valence-corrected chi connectivity index (χ1v) is 9.41. The predicted molar refractivity (Wildman–Crippen MR) is 105 cm³/mol. The topological polar surface area (TPSA) is 41.6 Å². The van der Waals surface area contributed by atoms with Crippen molar-refractivity contribution in [3.63, 3.8) is 0 Å². The molecular formula is C21H25ClN2O2. The van der Waals surface area contributed by atoms with Crippen molar-refractivity contribution in [3.8, 4) is 5.75 Å². The fourth-order valence-corrected chi connectivity index (χ4v) is 3.43. The third-order valence-corrected chi connectivity index (χ3v) is 4.88. The summed E-state index contributed by atoms with van der Waals surface area (Å²) < 4.78 is 5.90. The van der Waals surface area contributed by atoms with Gasteiger partial charge in [0, 0.05) is 43.7 Å². The zero-order valence-electron chi connectivity index (χ0n) is 15.1. The molecule has 0 spiro atoms. The second kappa shape index (κ2) is 9.17. The van der Waals surface area contributed by atoms with E-state index in [2.05, 4.69) is 22.3 Å². The van der Waals surface area contributed by atoms with Crippen LogP contribution in [0.5, 0.6) is 5.75 Å². The van der Waals surface area contributed by atoms with Gasteiger partial charge in [-0.1, -0.05) is 35.9 Å². The maximum absolute atomic E-state index is 11.2. The summed E-state index contributed by atoms with van der Waals surface area (Å²) in [5, 5.41) is 4.23. The average molecular weight is 373 g/mol. The van der Waals surface area contributed by atoms with Crippen LogP contribution in [0, 0.1) is 0 Å². The van der Waals surface area contributed by atoms with E-state index in [-0.39, 0.29) is 5.78 Å². The van der Waals surface area contributed by atoms with Gasteiger partial charge in [0.15, 0.2) is 0 Å². The van der Waals surface area contributed by atoms with E-state index in [0.717, 1.165) is 42.5 Å². The highest BCUT2D eigenvalue weighted by Crippen LogP contribution is 2.23. The molecule has 0 aliphatic carbocycles. The molecule has 0 radical (unpaired) electrons. The van der Waals surface area contributed by atoms with E-state index in [0.29, 0.717) is 19.1 Å². The van der Waals surface area contributed by atoms with Crippen LogP contribution in [0.2, 0.25) is 5.02 Å². The molecule has 0 aromatic heterocycles. The van der Waals surface area contributed by atoms with Crippen molar-refractivity contribution in [1.29, 1.82) is 0 Å². The van der Waals surface area contributed by atoms with Crippen LogP contribution in [0.15, 0.2) is 48.5 Å². The number of nitrogens with zero attached hydrogens (tertiary/aromatic N) is 1. The maximum Gasteiger partial charge on any atom is 0.134 e. The van der Waals surface area contributed by atoms with Crippen LogP contribution in [0.4, 0.5) is 0 Å². The molecule has 1 N–H and O–H groups in total. The number of Topliss-reactive ketones (excluding diaryl/α,β-unsaturated/α-hetero) is 1.